The lowest BCUT2D eigenvalue weighted by Gasteiger charge is -2.06. The fourth-order valence-corrected chi connectivity index (χ4v) is 1.05. The Kier molecular flexibility index (Phi) is 4.60. The van der Waals surface area contributed by atoms with Gasteiger partial charge in [0.2, 0.25) is 0 Å². The minimum absolute atomic E-state index is 1.02. The Labute approximate surface area is 70.3 Å². The summed E-state index contributed by atoms with van der Waals surface area (Å²) in [4.78, 5) is 0. The molecule has 0 atom stereocenters. The van der Waals surface area contributed by atoms with Crippen LogP contribution < -0.4 is 0 Å². The molecule has 0 N–H and O–H groups in total. The summed E-state index contributed by atoms with van der Waals surface area (Å²) in [6, 6.07) is 0. The van der Waals surface area contributed by atoms with Gasteiger partial charge in [-0.05, 0) is 26.7 Å². The van der Waals surface area contributed by atoms with Crippen LogP contribution in [0.25, 0.3) is 0 Å². The zero-order chi connectivity index (χ0) is 8.85. The van der Waals surface area contributed by atoms with Crippen LogP contribution in [-0.4, -0.2) is 0 Å². The van der Waals surface area contributed by atoms with Gasteiger partial charge in [-0.3, -0.25) is 0 Å². The molecule has 0 heterocycles. The van der Waals surface area contributed by atoms with Crippen molar-refractivity contribution in [1.29, 1.82) is 0 Å². The molecule has 0 saturated heterocycles. The summed E-state index contributed by atoms with van der Waals surface area (Å²) in [5, 5.41) is 0. The first kappa shape index (κ1) is 10.2. The topological polar surface area (TPSA) is 0 Å². The zero-order valence-electron chi connectivity index (χ0n) is 7.91. The largest absolute Gasteiger partial charge is 0.0998 e. The van der Waals surface area contributed by atoms with Crippen molar-refractivity contribution >= 4 is 0 Å². The van der Waals surface area contributed by atoms with Crippen molar-refractivity contribution in [2.24, 2.45) is 0 Å². The van der Waals surface area contributed by atoms with Crippen molar-refractivity contribution < 1.29 is 0 Å². The molecule has 0 aromatic heterocycles. The molecule has 0 aliphatic rings. The maximum absolute atomic E-state index is 3.89. The smallest absolute Gasteiger partial charge is 0.0108 e. The van der Waals surface area contributed by atoms with E-state index < -0.39 is 0 Å². The lowest BCUT2D eigenvalue weighted by atomic mass is 10.0. The third-order valence-electron chi connectivity index (χ3n) is 1.81. The van der Waals surface area contributed by atoms with Gasteiger partial charge in [-0.25, -0.2) is 0 Å². The highest BCUT2D eigenvalue weighted by Crippen LogP contribution is 2.17. The number of hydrogen-bond donors (Lipinski definition) is 0. The summed E-state index contributed by atoms with van der Waals surface area (Å²) >= 11 is 0. The SMILES string of the molecule is C=CC(C)=C(CC)CC(=C)C. The van der Waals surface area contributed by atoms with Gasteiger partial charge in [0.1, 0.15) is 0 Å². The van der Waals surface area contributed by atoms with Crippen molar-refractivity contribution in [1.82, 2.24) is 0 Å². The van der Waals surface area contributed by atoms with Gasteiger partial charge in [-0.1, -0.05) is 42.9 Å². The van der Waals surface area contributed by atoms with Gasteiger partial charge in [-0.15, -0.1) is 0 Å². The molecule has 0 rings (SSSR count). The summed E-state index contributed by atoms with van der Waals surface area (Å²) in [7, 11) is 0. The van der Waals surface area contributed by atoms with E-state index in [1.54, 1.807) is 0 Å². The molecule has 0 aliphatic carbocycles. The van der Waals surface area contributed by atoms with E-state index >= 15 is 0 Å². The van der Waals surface area contributed by atoms with Crippen LogP contribution in [0, 0.1) is 0 Å². The first-order valence-corrected chi connectivity index (χ1v) is 4.07. The van der Waals surface area contributed by atoms with Crippen LogP contribution in [0.4, 0.5) is 0 Å². The monoisotopic (exact) mass is 150 g/mol. The Hall–Kier alpha value is -0.780. The fourth-order valence-electron chi connectivity index (χ4n) is 1.05. The molecule has 0 unspecified atom stereocenters. The third-order valence-corrected chi connectivity index (χ3v) is 1.81. The Balaban J connectivity index is 4.38. The average Bonchev–Trinajstić information content (AvgIpc) is 1.98. The van der Waals surface area contributed by atoms with Gasteiger partial charge in [0.05, 0.1) is 0 Å². The van der Waals surface area contributed by atoms with E-state index in [9.17, 15) is 0 Å². The van der Waals surface area contributed by atoms with Crippen molar-refractivity contribution in [2.45, 2.75) is 33.6 Å². The minimum Gasteiger partial charge on any atom is -0.0998 e. The predicted octanol–water partition coefficient (Wildman–Crippen LogP) is 3.87. The van der Waals surface area contributed by atoms with Gasteiger partial charge < -0.3 is 0 Å². The van der Waals surface area contributed by atoms with Crippen LogP contribution >= 0.6 is 0 Å². The van der Waals surface area contributed by atoms with E-state index in [1.807, 2.05) is 6.08 Å². The van der Waals surface area contributed by atoms with Gasteiger partial charge >= 0.3 is 0 Å². The number of allylic oxidation sites excluding steroid dienone is 4. The minimum atomic E-state index is 1.02. The Morgan fingerprint density at radius 3 is 2.18 bits per heavy atom. The second-order valence-electron chi connectivity index (χ2n) is 2.98. The van der Waals surface area contributed by atoms with Crippen LogP contribution in [0.5, 0.6) is 0 Å². The van der Waals surface area contributed by atoms with Crippen molar-refractivity contribution in [3.05, 3.63) is 36.0 Å². The van der Waals surface area contributed by atoms with E-state index in [1.165, 1.54) is 16.7 Å². The van der Waals surface area contributed by atoms with E-state index in [4.69, 9.17) is 0 Å². The number of rotatable bonds is 4. The molecule has 0 saturated carbocycles. The van der Waals surface area contributed by atoms with Crippen LogP contribution in [-0.2, 0) is 0 Å². The molecule has 0 bridgehead atoms. The second kappa shape index (κ2) is 4.95. The summed E-state index contributed by atoms with van der Waals surface area (Å²) in [6.07, 6.45) is 4.04. The van der Waals surface area contributed by atoms with Crippen LogP contribution in [0.1, 0.15) is 33.6 Å². The molecular formula is C11H18. The van der Waals surface area contributed by atoms with E-state index in [0.717, 1.165) is 12.8 Å². The molecule has 0 heteroatoms. The van der Waals surface area contributed by atoms with Crippen LogP contribution in [0.3, 0.4) is 0 Å². The molecule has 0 aromatic rings. The Bertz CT molecular complexity index is 182. The molecule has 0 spiro atoms. The molecule has 62 valence electrons. The van der Waals surface area contributed by atoms with Crippen molar-refractivity contribution in [3.8, 4) is 0 Å². The average molecular weight is 150 g/mol. The standard InChI is InChI=1S/C11H18/c1-6-10(5)11(7-2)8-9(3)4/h6H,1,3,7-8H2,2,4-5H3. The molecular weight excluding hydrogens is 132 g/mol. The second-order valence-corrected chi connectivity index (χ2v) is 2.98. The quantitative estimate of drug-likeness (QED) is 0.421. The first-order valence-electron chi connectivity index (χ1n) is 4.07. The summed E-state index contributed by atoms with van der Waals surface area (Å²) in [5.41, 5.74) is 3.98. The van der Waals surface area contributed by atoms with Gasteiger partial charge in [-0.2, -0.15) is 0 Å². The van der Waals surface area contributed by atoms with Crippen LogP contribution in [0.15, 0.2) is 36.0 Å². The zero-order valence-corrected chi connectivity index (χ0v) is 7.91. The number of hydrogen-bond acceptors (Lipinski definition) is 0. The lowest BCUT2D eigenvalue weighted by Crippen LogP contribution is -1.86. The third kappa shape index (κ3) is 3.82. The Morgan fingerprint density at radius 1 is 1.36 bits per heavy atom. The Morgan fingerprint density at radius 2 is 1.91 bits per heavy atom. The van der Waals surface area contributed by atoms with Gasteiger partial charge in [0, 0.05) is 0 Å². The van der Waals surface area contributed by atoms with Crippen molar-refractivity contribution in [2.75, 3.05) is 0 Å². The highest BCUT2D eigenvalue weighted by Gasteiger charge is 1.97. The van der Waals surface area contributed by atoms with E-state index in [-0.39, 0.29) is 0 Å². The van der Waals surface area contributed by atoms with E-state index in [0.29, 0.717) is 0 Å². The molecule has 0 fully saturated rings. The molecule has 0 aromatic carbocycles. The summed E-state index contributed by atoms with van der Waals surface area (Å²) < 4.78 is 0. The highest BCUT2D eigenvalue weighted by molar-refractivity contribution is 5.24. The van der Waals surface area contributed by atoms with Crippen LogP contribution in [0.2, 0.25) is 0 Å². The maximum Gasteiger partial charge on any atom is -0.0108 e. The normalized spacial score (nSPS) is 12.3. The molecule has 11 heavy (non-hydrogen) atoms. The fraction of sp³-hybridized carbons (Fsp3) is 0.455. The predicted molar refractivity (Wildman–Crippen MR) is 52.6 cm³/mol. The van der Waals surface area contributed by atoms with Gasteiger partial charge in [0.25, 0.3) is 0 Å². The first-order chi connectivity index (χ1) is 5.11. The van der Waals surface area contributed by atoms with Gasteiger partial charge in [0.15, 0.2) is 0 Å². The molecule has 0 aliphatic heterocycles. The summed E-state index contributed by atoms with van der Waals surface area (Å²) in [6.45, 7) is 14.0. The lowest BCUT2D eigenvalue weighted by molar-refractivity contribution is 0.972. The van der Waals surface area contributed by atoms with Crippen molar-refractivity contribution in [3.63, 3.8) is 0 Å². The maximum atomic E-state index is 3.89. The highest BCUT2D eigenvalue weighted by atomic mass is 14.0. The molecule has 0 radical (unpaired) electrons. The summed E-state index contributed by atoms with van der Waals surface area (Å²) in [5.74, 6) is 0. The van der Waals surface area contributed by atoms with E-state index in [2.05, 4.69) is 33.9 Å². The molecule has 0 amide bonds. The molecule has 0 nitrogen and oxygen atoms in total.